The molecule has 150 valence electrons. The van der Waals surface area contributed by atoms with E-state index in [1.165, 1.54) is 40.9 Å². The Balaban J connectivity index is 1.75. The van der Waals surface area contributed by atoms with Crippen molar-refractivity contribution in [1.82, 2.24) is 4.90 Å². The second kappa shape index (κ2) is 8.78. The van der Waals surface area contributed by atoms with Crippen LogP contribution >= 0.6 is 11.8 Å². The highest BCUT2D eigenvalue weighted by atomic mass is 32.2. The number of carbonyl (C=O) groups excluding carboxylic acids is 3. The smallest absolute Gasteiger partial charge is 0.238 e. The highest BCUT2D eigenvalue weighted by Crippen LogP contribution is 2.30. The first kappa shape index (κ1) is 20.4. The van der Waals surface area contributed by atoms with Gasteiger partial charge in [0.05, 0.1) is 18.8 Å². The van der Waals surface area contributed by atoms with Crippen LogP contribution in [0.3, 0.4) is 0 Å². The predicted octanol–water partition coefficient (Wildman–Crippen LogP) is 1.65. The van der Waals surface area contributed by atoms with E-state index in [2.05, 4.69) is 10.3 Å². The van der Waals surface area contributed by atoms with Crippen molar-refractivity contribution in [3.8, 4) is 5.75 Å². The number of hydrogen-bond donors (Lipinski definition) is 1. The largest absolute Gasteiger partial charge is 0.545 e. The summed E-state index contributed by atoms with van der Waals surface area (Å²) in [6.45, 7) is 0. The summed E-state index contributed by atoms with van der Waals surface area (Å²) in [5, 5.41) is 13.2. The number of amidine groups is 1. The molecule has 1 heterocycles. The molecule has 1 N–H and O–H groups in total. The van der Waals surface area contributed by atoms with E-state index < -0.39 is 11.2 Å². The number of carbonyl (C=O) groups is 3. The van der Waals surface area contributed by atoms with Gasteiger partial charge in [0.1, 0.15) is 11.0 Å². The molecule has 0 radical (unpaired) electrons. The van der Waals surface area contributed by atoms with E-state index in [0.29, 0.717) is 22.3 Å². The van der Waals surface area contributed by atoms with Gasteiger partial charge in [-0.1, -0.05) is 30.0 Å². The highest BCUT2D eigenvalue weighted by Gasteiger charge is 2.34. The van der Waals surface area contributed by atoms with Crippen LogP contribution in [0.2, 0.25) is 0 Å². The van der Waals surface area contributed by atoms with Crippen LogP contribution in [0, 0.1) is 0 Å². The molecule has 8 nitrogen and oxygen atoms in total. The Kier molecular flexibility index (Phi) is 6.18. The lowest BCUT2D eigenvalue weighted by atomic mass is 10.2. The number of aliphatic imine (C=N–C) groups is 1. The van der Waals surface area contributed by atoms with Gasteiger partial charge in [0.2, 0.25) is 11.8 Å². The molecule has 29 heavy (non-hydrogen) atoms. The molecule has 0 aliphatic carbocycles. The standard InChI is InChI=1S/C20H19N3O5S/c1-23-17(24)11-16(18(25)21-13-8-6-12(7-9-13)19(26)27)29-20(23)22-14-4-3-5-15(10-14)28-2/h3-10,16H,11H2,1-2H3,(H,21,25)(H,26,27)/p-1/t16-/m1/s1. The third-order valence-electron chi connectivity index (χ3n) is 4.23. The first-order valence-electron chi connectivity index (χ1n) is 8.65. The number of methoxy groups -OCH3 is 1. The average molecular weight is 412 g/mol. The van der Waals surface area contributed by atoms with Crippen molar-refractivity contribution in [3.63, 3.8) is 0 Å². The van der Waals surface area contributed by atoms with Crippen molar-refractivity contribution in [2.45, 2.75) is 11.7 Å². The summed E-state index contributed by atoms with van der Waals surface area (Å²) in [4.78, 5) is 41.7. The minimum absolute atomic E-state index is 0.0135. The van der Waals surface area contributed by atoms with E-state index in [-0.39, 0.29) is 23.8 Å². The molecule has 1 saturated heterocycles. The van der Waals surface area contributed by atoms with E-state index in [1.807, 2.05) is 0 Å². The number of rotatable bonds is 5. The normalized spacial score (nSPS) is 17.9. The number of nitrogens with one attached hydrogen (secondary N) is 1. The van der Waals surface area contributed by atoms with E-state index in [4.69, 9.17) is 4.74 Å². The zero-order valence-corrected chi connectivity index (χ0v) is 16.6. The third-order valence-corrected chi connectivity index (χ3v) is 5.47. The van der Waals surface area contributed by atoms with Crippen LogP contribution in [0.4, 0.5) is 11.4 Å². The Labute approximate surface area is 171 Å². The molecule has 0 bridgehead atoms. The fourth-order valence-electron chi connectivity index (χ4n) is 2.60. The molecule has 1 aliphatic heterocycles. The quantitative estimate of drug-likeness (QED) is 0.799. The van der Waals surface area contributed by atoms with E-state index in [0.717, 1.165) is 0 Å². The molecular weight excluding hydrogens is 394 g/mol. The van der Waals surface area contributed by atoms with Crippen LogP contribution in [0.1, 0.15) is 16.8 Å². The number of thioether (sulfide) groups is 1. The molecule has 1 atom stereocenters. The van der Waals surface area contributed by atoms with Crippen molar-refractivity contribution < 1.29 is 24.2 Å². The fraction of sp³-hybridized carbons (Fsp3) is 0.200. The van der Waals surface area contributed by atoms with Crippen molar-refractivity contribution in [2.75, 3.05) is 19.5 Å². The lowest BCUT2D eigenvalue weighted by Gasteiger charge is -2.28. The van der Waals surface area contributed by atoms with E-state index in [9.17, 15) is 19.5 Å². The van der Waals surface area contributed by atoms with Gasteiger partial charge >= 0.3 is 0 Å². The lowest BCUT2D eigenvalue weighted by molar-refractivity contribution is -0.255. The van der Waals surface area contributed by atoms with Crippen LogP contribution in [0.25, 0.3) is 0 Å². The second-order valence-corrected chi connectivity index (χ2v) is 7.38. The number of hydrogen-bond acceptors (Lipinski definition) is 7. The van der Waals surface area contributed by atoms with Gasteiger partial charge in [-0.05, 0) is 29.8 Å². The average Bonchev–Trinajstić information content (AvgIpc) is 2.71. The van der Waals surface area contributed by atoms with Gasteiger partial charge in [-0.2, -0.15) is 0 Å². The molecule has 0 unspecified atom stereocenters. The minimum atomic E-state index is -1.29. The minimum Gasteiger partial charge on any atom is -0.545 e. The van der Waals surface area contributed by atoms with Crippen molar-refractivity contribution in [2.24, 2.45) is 4.99 Å². The van der Waals surface area contributed by atoms with Crippen LogP contribution in [-0.2, 0) is 9.59 Å². The zero-order valence-electron chi connectivity index (χ0n) is 15.7. The van der Waals surface area contributed by atoms with Gasteiger partial charge in [-0.3, -0.25) is 14.5 Å². The van der Waals surface area contributed by atoms with Gasteiger partial charge in [0.25, 0.3) is 0 Å². The summed E-state index contributed by atoms with van der Waals surface area (Å²) in [6, 6.07) is 12.7. The summed E-state index contributed by atoms with van der Waals surface area (Å²) < 4.78 is 5.18. The molecule has 2 aromatic carbocycles. The first-order chi connectivity index (χ1) is 13.9. The van der Waals surface area contributed by atoms with Gasteiger partial charge in [0.15, 0.2) is 5.17 Å². The first-order valence-corrected chi connectivity index (χ1v) is 9.53. The maximum absolute atomic E-state index is 12.6. The Bertz CT molecular complexity index is 974. The Morgan fingerprint density at radius 2 is 1.97 bits per heavy atom. The van der Waals surface area contributed by atoms with Crippen LogP contribution in [0.15, 0.2) is 53.5 Å². The Morgan fingerprint density at radius 1 is 1.24 bits per heavy atom. The molecule has 0 aromatic heterocycles. The summed E-state index contributed by atoms with van der Waals surface area (Å²) in [7, 11) is 3.16. The molecule has 9 heteroatoms. The maximum atomic E-state index is 12.6. The predicted molar refractivity (Wildman–Crippen MR) is 108 cm³/mol. The number of ether oxygens (including phenoxy) is 1. The zero-order chi connectivity index (χ0) is 21.0. The lowest BCUT2D eigenvalue weighted by Crippen LogP contribution is -2.43. The monoisotopic (exact) mass is 412 g/mol. The Hall–Kier alpha value is -3.33. The number of anilines is 1. The number of carboxylic acid groups (broad SMARTS) is 1. The molecule has 3 rings (SSSR count). The van der Waals surface area contributed by atoms with Crippen molar-refractivity contribution in [1.29, 1.82) is 0 Å². The molecule has 2 amide bonds. The molecule has 1 aliphatic rings. The summed E-state index contributed by atoms with van der Waals surface area (Å²) in [5.74, 6) is -1.25. The van der Waals surface area contributed by atoms with Gasteiger partial charge in [-0.15, -0.1) is 0 Å². The SMILES string of the molecule is COc1cccc(N=C2S[C@@H](C(=O)Nc3ccc(C(=O)[O-])cc3)CC(=O)N2C)c1. The molecule has 2 aromatic rings. The van der Waals surface area contributed by atoms with Gasteiger partial charge in [0, 0.05) is 25.2 Å². The van der Waals surface area contributed by atoms with Gasteiger partial charge in [-0.25, -0.2) is 4.99 Å². The fourth-order valence-corrected chi connectivity index (χ4v) is 3.67. The Morgan fingerprint density at radius 3 is 2.62 bits per heavy atom. The van der Waals surface area contributed by atoms with Crippen LogP contribution in [-0.4, -0.2) is 47.3 Å². The number of benzene rings is 2. The van der Waals surface area contributed by atoms with Crippen LogP contribution in [0.5, 0.6) is 5.75 Å². The molecular formula is C20H18N3O5S-. The number of carboxylic acids is 1. The summed E-state index contributed by atoms with van der Waals surface area (Å²) >= 11 is 1.19. The number of aromatic carboxylic acids is 1. The van der Waals surface area contributed by atoms with Crippen molar-refractivity contribution >= 4 is 46.1 Å². The van der Waals surface area contributed by atoms with Crippen LogP contribution < -0.4 is 15.2 Å². The summed E-state index contributed by atoms with van der Waals surface area (Å²) in [5.41, 5.74) is 1.04. The third kappa shape index (κ3) is 4.94. The van der Waals surface area contributed by atoms with Gasteiger partial charge < -0.3 is 20.0 Å². The summed E-state index contributed by atoms with van der Waals surface area (Å²) in [6.07, 6.45) is 0.0290. The second-order valence-electron chi connectivity index (χ2n) is 6.21. The topological polar surface area (TPSA) is 111 Å². The molecule has 1 fully saturated rings. The number of amides is 2. The molecule has 0 saturated carbocycles. The van der Waals surface area contributed by atoms with Crippen molar-refractivity contribution in [3.05, 3.63) is 54.1 Å². The maximum Gasteiger partial charge on any atom is 0.238 e. The highest BCUT2D eigenvalue weighted by molar-refractivity contribution is 8.15. The van der Waals surface area contributed by atoms with E-state index >= 15 is 0 Å². The van der Waals surface area contributed by atoms with E-state index in [1.54, 1.807) is 38.4 Å². The molecule has 0 spiro atoms. The number of nitrogens with zero attached hydrogens (tertiary/aromatic N) is 2.